The van der Waals surface area contributed by atoms with Crippen LogP contribution in [0.1, 0.15) is 6.42 Å². The number of rotatable bonds is 5. The summed E-state index contributed by atoms with van der Waals surface area (Å²) in [5.74, 6) is -6.37. The molecule has 0 bridgehead atoms. The van der Waals surface area contributed by atoms with E-state index in [1.54, 1.807) is 0 Å². The predicted octanol–water partition coefficient (Wildman–Crippen LogP) is 1.12. The second-order valence-corrected chi connectivity index (χ2v) is 4.12. The van der Waals surface area contributed by atoms with E-state index in [1.807, 2.05) is 0 Å². The predicted molar refractivity (Wildman–Crippen MR) is 60.1 cm³/mol. The van der Waals surface area contributed by atoms with E-state index in [9.17, 15) is 18.4 Å². The van der Waals surface area contributed by atoms with Gasteiger partial charge in [0, 0.05) is 20.1 Å². The number of methoxy groups -OCH3 is 1. The van der Waals surface area contributed by atoms with Crippen LogP contribution in [0.25, 0.3) is 0 Å². The first-order chi connectivity index (χ1) is 8.80. The van der Waals surface area contributed by atoms with Crippen molar-refractivity contribution in [3.63, 3.8) is 0 Å². The maximum atomic E-state index is 13.7. The number of carbonyl (C=O) groups is 2. The molecule has 1 fully saturated rings. The minimum Gasteiger partial charge on any atom is -0.477 e. The van der Waals surface area contributed by atoms with Gasteiger partial charge in [-0.1, -0.05) is 12.7 Å². The summed E-state index contributed by atoms with van der Waals surface area (Å²) in [6.07, 6.45) is 0.245. The lowest BCUT2D eigenvalue weighted by molar-refractivity contribution is -0.212. The average Bonchev–Trinajstić information content (AvgIpc) is 2.81. The lowest BCUT2D eigenvalue weighted by Gasteiger charge is -2.32. The van der Waals surface area contributed by atoms with Crippen molar-refractivity contribution in [2.45, 2.75) is 17.9 Å². The molecule has 1 N–H and O–H groups in total. The molecule has 0 saturated carbocycles. The second-order valence-electron chi connectivity index (χ2n) is 4.12. The van der Waals surface area contributed by atoms with Crippen LogP contribution in [0.15, 0.2) is 12.7 Å². The molecule has 0 aliphatic carbocycles. The van der Waals surface area contributed by atoms with Gasteiger partial charge < -0.3 is 19.5 Å². The molecule has 0 spiro atoms. The monoisotopic (exact) mass is 279 g/mol. The van der Waals surface area contributed by atoms with Crippen LogP contribution in [0.4, 0.5) is 13.6 Å². The van der Waals surface area contributed by atoms with Crippen molar-refractivity contribution >= 4 is 12.1 Å². The van der Waals surface area contributed by atoms with E-state index in [-0.39, 0.29) is 19.6 Å². The maximum Gasteiger partial charge on any atom is 0.410 e. The van der Waals surface area contributed by atoms with E-state index in [0.717, 1.165) is 12.0 Å². The normalized spacial score (nSPS) is 23.2. The zero-order valence-corrected chi connectivity index (χ0v) is 10.4. The number of nitrogens with zero attached hydrogens (tertiary/aromatic N) is 1. The van der Waals surface area contributed by atoms with Crippen molar-refractivity contribution in [3.05, 3.63) is 12.7 Å². The van der Waals surface area contributed by atoms with E-state index >= 15 is 0 Å². The number of carboxylic acids is 1. The maximum absolute atomic E-state index is 13.7. The molecule has 0 radical (unpaired) electrons. The summed E-state index contributed by atoms with van der Waals surface area (Å²) in [5, 5.41) is 8.59. The number of aliphatic carboxylic acids is 1. The second kappa shape index (κ2) is 5.52. The van der Waals surface area contributed by atoms with Gasteiger partial charge in [-0.2, -0.15) is 8.78 Å². The molecule has 1 aliphatic heterocycles. The molecular formula is C11H15F2NO5. The van der Waals surface area contributed by atoms with Gasteiger partial charge in [0.05, 0.1) is 6.54 Å². The Bertz CT molecular complexity index is 387. The quantitative estimate of drug-likeness (QED) is 0.763. The smallest absolute Gasteiger partial charge is 0.410 e. The Labute approximate surface area is 108 Å². The Morgan fingerprint density at radius 1 is 1.58 bits per heavy atom. The molecule has 6 nitrogen and oxygen atoms in total. The first-order valence-electron chi connectivity index (χ1n) is 5.49. The van der Waals surface area contributed by atoms with Gasteiger partial charge in [0.2, 0.25) is 0 Å². The number of alkyl halides is 2. The minimum absolute atomic E-state index is 0.0510. The third kappa shape index (κ3) is 2.67. The Kier molecular flexibility index (Phi) is 4.46. The first-order valence-corrected chi connectivity index (χ1v) is 5.49. The van der Waals surface area contributed by atoms with Crippen LogP contribution < -0.4 is 0 Å². The van der Waals surface area contributed by atoms with Crippen LogP contribution in [-0.4, -0.2) is 60.4 Å². The van der Waals surface area contributed by atoms with Gasteiger partial charge in [0.1, 0.15) is 6.61 Å². The van der Waals surface area contributed by atoms with Gasteiger partial charge in [-0.15, -0.1) is 0 Å². The van der Waals surface area contributed by atoms with E-state index in [4.69, 9.17) is 14.6 Å². The van der Waals surface area contributed by atoms with Crippen LogP contribution in [0.3, 0.4) is 0 Å². The topological polar surface area (TPSA) is 76.1 Å². The third-order valence-electron chi connectivity index (χ3n) is 3.05. The molecule has 1 aliphatic rings. The number of carbonyl (C=O) groups excluding carboxylic acids is 1. The highest BCUT2D eigenvalue weighted by atomic mass is 19.3. The molecule has 1 rings (SSSR count). The number of halogens is 2. The summed E-state index contributed by atoms with van der Waals surface area (Å²) in [6.45, 7) is 2.69. The SMILES string of the molecule is C=CCOC(=O)N1CCC(OC)(C(F)(F)C(=O)O)C1. The Hall–Kier alpha value is -1.70. The molecule has 8 heteroatoms. The summed E-state index contributed by atoms with van der Waals surface area (Å²) in [6, 6.07) is 0. The van der Waals surface area contributed by atoms with Gasteiger partial charge in [-0.25, -0.2) is 9.59 Å². The van der Waals surface area contributed by atoms with Crippen LogP contribution in [0.2, 0.25) is 0 Å². The van der Waals surface area contributed by atoms with Crippen LogP contribution in [-0.2, 0) is 14.3 Å². The van der Waals surface area contributed by atoms with Gasteiger partial charge in [-0.3, -0.25) is 0 Å². The van der Waals surface area contributed by atoms with Crippen molar-refractivity contribution in [1.29, 1.82) is 0 Å². The fourth-order valence-electron chi connectivity index (χ4n) is 1.91. The Balaban J connectivity index is 2.83. The number of hydrogen-bond donors (Lipinski definition) is 1. The van der Waals surface area contributed by atoms with Crippen molar-refractivity contribution < 1.29 is 33.0 Å². The number of likely N-dealkylation sites (tertiary alicyclic amines) is 1. The van der Waals surface area contributed by atoms with Crippen molar-refractivity contribution in [1.82, 2.24) is 4.90 Å². The molecule has 0 aromatic heterocycles. The summed E-state index contributed by atoms with van der Waals surface area (Å²) in [7, 11) is 0.995. The number of ether oxygens (including phenoxy) is 2. The third-order valence-corrected chi connectivity index (χ3v) is 3.05. The Morgan fingerprint density at radius 2 is 2.21 bits per heavy atom. The van der Waals surface area contributed by atoms with E-state index in [2.05, 4.69) is 6.58 Å². The van der Waals surface area contributed by atoms with Gasteiger partial charge in [0.25, 0.3) is 0 Å². The first kappa shape index (κ1) is 15.4. The van der Waals surface area contributed by atoms with E-state index in [1.165, 1.54) is 6.08 Å². The number of carboxylic acid groups (broad SMARTS) is 1. The number of amides is 1. The average molecular weight is 279 g/mol. The van der Waals surface area contributed by atoms with Crippen LogP contribution in [0, 0.1) is 0 Å². The molecule has 1 amide bonds. The summed E-state index contributed by atoms with van der Waals surface area (Å²) in [5.41, 5.74) is -2.23. The summed E-state index contributed by atoms with van der Waals surface area (Å²) >= 11 is 0. The lowest BCUT2D eigenvalue weighted by atomic mass is 9.94. The zero-order valence-electron chi connectivity index (χ0n) is 10.4. The van der Waals surface area contributed by atoms with Gasteiger partial charge in [-0.05, 0) is 0 Å². The molecule has 0 aromatic carbocycles. The zero-order chi connectivity index (χ0) is 14.7. The van der Waals surface area contributed by atoms with Crippen molar-refractivity contribution in [2.24, 2.45) is 0 Å². The Morgan fingerprint density at radius 3 is 2.68 bits per heavy atom. The van der Waals surface area contributed by atoms with Gasteiger partial charge in [0.15, 0.2) is 5.60 Å². The fraction of sp³-hybridized carbons (Fsp3) is 0.636. The molecule has 1 saturated heterocycles. The van der Waals surface area contributed by atoms with Crippen LogP contribution >= 0.6 is 0 Å². The highest BCUT2D eigenvalue weighted by Gasteiger charge is 2.63. The molecule has 1 atom stereocenters. The lowest BCUT2D eigenvalue weighted by Crippen LogP contribution is -2.56. The highest BCUT2D eigenvalue weighted by Crippen LogP contribution is 2.39. The van der Waals surface area contributed by atoms with Crippen molar-refractivity contribution in [2.75, 3.05) is 26.8 Å². The number of hydrogen-bond acceptors (Lipinski definition) is 4. The van der Waals surface area contributed by atoms with Crippen molar-refractivity contribution in [3.8, 4) is 0 Å². The van der Waals surface area contributed by atoms with E-state index in [0.29, 0.717) is 0 Å². The summed E-state index contributed by atoms with van der Waals surface area (Å²) in [4.78, 5) is 23.1. The van der Waals surface area contributed by atoms with Crippen LogP contribution in [0.5, 0.6) is 0 Å². The highest BCUT2D eigenvalue weighted by molar-refractivity contribution is 5.78. The van der Waals surface area contributed by atoms with E-state index < -0.39 is 30.1 Å². The molecule has 19 heavy (non-hydrogen) atoms. The largest absolute Gasteiger partial charge is 0.477 e. The fourth-order valence-corrected chi connectivity index (χ4v) is 1.91. The standard InChI is InChI=1S/C11H15F2NO5/c1-3-6-19-9(17)14-5-4-10(7-14,18-2)11(12,13)8(15)16/h3H,1,4-7H2,2H3,(H,15,16). The molecule has 1 heterocycles. The molecular weight excluding hydrogens is 264 g/mol. The van der Waals surface area contributed by atoms with Gasteiger partial charge >= 0.3 is 18.0 Å². The summed E-state index contributed by atoms with van der Waals surface area (Å²) < 4.78 is 36.8. The molecule has 0 aromatic rings. The molecule has 108 valence electrons. The molecule has 1 unspecified atom stereocenters. The minimum atomic E-state index is -4.09.